The molecule has 2 aliphatic rings. The lowest BCUT2D eigenvalue weighted by Crippen LogP contribution is -2.38. The van der Waals surface area contributed by atoms with Crippen LogP contribution in [-0.4, -0.2) is 31.2 Å². The quantitative estimate of drug-likeness (QED) is 0.557. The van der Waals surface area contributed by atoms with E-state index in [9.17, 15) is 4.39 Å². The maximum absolute atomic E-state index is 14.3. The fraction of sp³-hybridized carbons (Fsp3) is 0.750. The third-order valence-corrected chi connectivity index (χ3v) is 6.52. The minimum atomic E-state index is -0.124. The molecule has 1 saturated carbocycles. The Morgan fingerprint density at radius 3 is 2.43 bits per heavy atom. The summed E-state index contributed by atoms with van der Waals surface area (Å²) in [6.45, 7) is 4.03. The topological polar surface area (TPSA) is 38.7 Å². The molecule has 0 radical (unpaired) electrons. The van der Waals surface area contributed by atoms with Gasteiger partial charge in [-0.2, -0.15) is 0 Å². The van der Waals surface area contributed by atoms with Crippen molar-refractivity contribution in [2.24, 2.45) is 11.8 Å². The first-order valence-corrected chi connectivity index (χ1v) is 11.3. The Bertz CT molecular complexity index is 575. The van der Waals surface area contributed by atoms with Crippen LogP contribution in [0.4, 0.5) is 4.39 Å². The monoisotopic (exact) mass is 392 g/mol. The van der Waals surface area contributed by atoms with E-state index in [1.807, 2.05) is 6.07 Å². The molecule has 0 atom stereocenters. The van der Waals surface area contributed by atoms with Crippen molar-refractivity contribution >= 4 is 0 Å². The van der Waals surface area contributed by atoms with Crippen molar-refractivity contribution in [1.82, 2.24) is 0 Å². The van der Waals surface area contributed by atoms with Gasteiger partial charge < -0.3 is 14.6 Å². The zero-order valence-corrected chi connectivity index (χ0v) is 17.4. The summed E-state index contributed by atoms with van der Waals surface area (Å²) in [7, 11) is 0. The van der Waals surface area contributed by atoms with Crippen LogP contribution in [0.1, 0.15) is 81.8 Å². The molecule has 1 aromatic rings. The maximum atomic E-state index is 14.3. The van der Waals surface area contributed by atoms with E-state index in [1.54, 1.807) is 6.07 Å². The first-order chi connectivity index (χ1) is 13.7. The molecule has 3 rings (SSSR count). The largest absolute Gasteiger partial charge is 0.396 e. The van der Waals surface area contributed by atoms with Gasteiger partial charge in [-0.1, -0.05) is 38.3 Å². The molecule has 28 heavy (non-hydrogen) atoms. The Kier molecular flexibility index (Phi) is 8.75. The first kappa shape index (κ1) is 21.7. The molecule has 0 aromatic heterocycles. The van der Waals surface area contributed by atoms with Gasteiger partial charge in [0.2, 0.25) is 0 Å². The Morgan fingerprint density at radius 1 is 1.04 bits per heavy atom. The fourth-order valence-electron chi connectivity index (χ4n) is 4.69. The highest BCUT2D eigenvalue weighted by Gasteiger charge is 2.32. The van der Waals surface area contributed by atoms with E-state index in [1.165, 1.54) is 25.7 Å². The summed E-state index contributed by atoms with van der Waals surface area (Å²) in [6, 6.07) is 5.69. The number of aryl methyl sites for hydroxylation is 1. The predicted octanol–water partition coefficient (Wildman–Crippen LogP) is 5.59. The molecule has 1 aromatic carbocycles. The van der Waals surface area contributed by atoms with Crippen LogP contribution < -0.4 is 0 Å². The Balaban J connectivity index is 1.43. The van der Waals surface area contributed by atoms with Crippen LogP contribution in [-0.2, 0) is 15.9 Å². The molecule has 4 heteroatoms. The van der Waals surface area contributed by atoms with Gasteiger partial charge in [0.1, 0.15) is 5.82 Å². The SMILES string of the molecule is CCCCCC1COC(C2CCC(c3ccc(CCCO)c(F)c3)CC2)OC1. The Hall–Kier alpha value is -0.970. The summed E-state index contributed by atoms with van der Waals surface area (Å²) < 4.78 is 26.5. The number of ether oxygens (including phenoxy) is 2. The molecule has 3 nitrogen and oxygen atoms in total. The first-order valence-electron chi connectivity index (χ1n) is 11.3. The van der Waals surface area contributed by atoms with Gasteiger partial charge in [-0.3, -0.25) is 0 Å². The number of aliphatic hydroxyl groups is 1. The number of hydrogen-bond acceptors (Lipinski definition) is 3. The van der Waals surface area contributed by atoms with Crippen molar-refractivity contribution in [3.63, 3.8) is 0 Å². The molecule has 0 amide bonds. The summed E-state index contributed by atoms with van der Waals surface area (Å²) in [6.07, 6.45) is 10.5. The smallest absolute Gasteiger partial charge is 0.160 e. The molecule has 158 valence electrons. The third-order valence-electron chi connectivity index (χ3n) is 6.52. The summed E-state index contributed by atoms with van der Waals surface area (Å²) in [5.41, 5.74) is 1.83. The number of halogens is 1. The van der Waals surface area contributed by atoms with Crippen molar-refractivity contribution in [2.45, 2.75) is 83.3 Å². The van der Waals surface area contributed by atoms with Gasteiger partial charge in [0, 0.05) is 18.4 Å². The van der Waals surface area contributed by atoms with E-state index >= 15 is 0 Å². The van der Waals surface area contributed by atoms with Crippen molar-refractivity contribution in [3.8, 4) is 0 Å². The van der Waals surface area contributed by atoms with Gasteiger partial charge in [0.25, 0.3) is 0 Å². The molecule has 0 unspecified atom stereocenters. The van der Waals surface area contributed by atoms with Crippen LogP contribution in [0.5, 0.6) is 0 Å². The van der Waals surface area contributed by atoms with Gasteiger partial charge in [-0.15, -0.1) is 0 Å². The molecule has 1 aliphatic carbocycles. The summed E-state index contributed by atoms with van der Waals surface area (Å²) in [4.78, 5) is 0. The minimum Gasteiger partial charge on any atom is -0.396 e. The average molecular weight is 393 g/mol. The minimum absolute atomic E-state index is 0.0408. The molecule has 1 heterocycles. The fourth-order valence-corrected chi connectivity index (χ4v) is 4.69. The Morgan fingerprint density at radius 2 is 1.79 bits per heavy atom. The molecule has 1 saturated heterocycles. The van der Waals surface area contributed by atoms with Crippen LogP contribution in [0, 0.1) is 17.7 Å². The normalized spacial score (nSPS) is 28.4. The van der Waals surface area contributed by atoms with E-state index in [-0.39, 0.29) is 18.7 Å². The lowest BCUT2D eigenvalue weighted by molar-refractivity contribution is -0.229. The summed E-state index contributed by atoms with van der Waals surface area (Å²) in [5.74, 6) is 1.34. The molecule has 2 fully saturated rings. The Labute approximate surface area is 169 Å². The molecular weight excluding hydrogens is 355 g/mol. The van der Waals surface area contributed by atoms with Gasteiger partial charge >= 0.3 is 0 Å². The van der Waals surface area contributed by atoms with Crippen molar-refractivity contribution in [1.29, 1.82) is 0 Å². The molecule has 0 bridgehead atoms. The second kappa shape index (κ2) is 11.3. The van der Waals surface area contributed by atoms with Crippen molar-refractivity contribution < 1.29 is 19.0 Å². The van der Waals surface area contributed by atoms with Crippen LogP contribution in [0.25, 0.3) is 0 Å². The highest BCUT2D eigenvalue weighted by Crippen LogP contribution is 2.39. The van der Waals surface area contributed by atoms with Gasteiger partial charge in [-0.05, 0) is 68.1 Å². The zero-order valence-electron chi connectivity index (χ0n) is 17.4. The summed E-state index contributed by atoms with van der Waals surface area (Å²) >= 11 is 0. The predicted molar refractivity (Wildman–Crippen MR) is 110 cm³/mol. The van der Waals surface area contributed by atoms with Gasteiger partial charge in [0.15, 0.2) is 6.29 Å². The van der Waals surface area contributed by atoms with Crippen LogP contribution in [0.3, 0.4) is 0 Å². The maximum Gasteiger partial charge on any atom is 0.160 e. The molecular formula is C24H37FO3. The number of hydrogen-bond donors (Lipinski definition) is 1. The van der Waals surface area contributed by atoms with Crippen LogP contribution in [0.2, 0.25) is 0 Å². The number of rotatable bonds is 9. The average Bonchev–Trinajstić information content (AvgIpc) is 2.74. The highest BCUT2D eigenvalue weighted by molar-refractivity contribution is 5.27. The second-order valence-corrected chi connectivity index (χ2v) is 8.69. The van der Waals surface area contributed by atoms with E-state index in [4.69, 9.17) is 14.6 Å². The standard InChI is InChI=1S/C24H37FO3/c1-2-3-4-6-18-16-27-24(28-17-18)21-11-8-19(9-12-21)22-13-10-20(7-5-14-26)23(25)15-22/h10,13,15,18-19,21,24,26H,2-9,11-12,14,16-17H2,1H3. The number of aliphatic hydroxyl groups excluding tert-OH is 1. The van der Waals surface area contributed by atoms with Crippen molar-refractivity contribution in [3.05, 3.63) is 35.1 Å². The highest BCUT2D eigenvalue weighted by atomic mass is 19.1. The van der Waals surface area contributed by atoms with E-state index in [2.05, 4.69) is 13.0 Å². The molecule has 1 N–H and O–H groups in total. The lowest BCUT2D eigenvalue weighted by atomic mass is 9.78. The number of benzene rings is 1. The lowest BCUT2D eigenvalue weighted by Gasteiger charge is -2.37. The van der Waals surface area contributed by atoms with E-state index < -0.39 is 0 Å². The van der Waals surface area contributed by atoms with Crippen LogP contribution >= 0.6 is 0 Å². The van der Waals surface area contributed by atoms with Gasteiger partial charge in [0.05, 0.1) is 13.2 Å². The van der Waals surface area contributed by atoms with Gasteiger partial charge in [-0.25, -0.2) is 4.39 Å². The van der Waals surface area contributed by atoms with E-state index in [0.717, 1.165) is 44.5 Å². The zero-order chi connectivity index (χ0) is 19.8. The summed E-state index contributed by atoms with van der Waals surface area (Å²) in [5, 5.41) is 8.93. The van der Waals surface area contributed by atoms with Crippen molar-refractivity contribution in [2.75, 3.05) is 19.8 Å². The van der Waals surface area contributed by atoms with E-state index in [0.29, 0.717) is 36.2 Å². The third kappa shape index (κ3) is 6.01. The molecule has 1 aliphatic heterocycles. The van der Waals surface area contributed by atoms with Crippen LogP contribution in [0.15, 0.2) is 18.2 Å². The second-order valence-electron chi connectivity index (χ2n) is 8.69. The number of unbranched alkanes of at least 4 members (excludes halogenated alkanes) is 2. The molecule has 0 spiro atoms.